The van der Waals surface area contributed by atoms with Gasteiger partial charge in [-0.2, -0.15) is 9.40 Å². The van der Waals surface area contributed by atoms with Crippen molar-refractivity contribution in [3.05, 3.63) is 71.9 Å². The van der Waals surface area contributed by atoms with E-state index in [1.54, 1.807) is 31.2 Å². The number of aromatic nitrogens is 2. The summed E-state index contributed by atoms with van der Waals surface area (Å²) in [6.07, 6.45) is 2.40. The molecule has 0 amide bonds. The minimum Gasteiger partial charge on any atom is -0.497 e. The van der Waals surface area contributed by atoms with Gasteiger partial charge in [-0.25, -0.2) is 8.42 Å². The topological polar surface area (TPSA) is 92.1 Å². The molecule has 0 spiro atoms. The van der Waals surface area contributed by atoms with E-state index in [4.69, 9.17) is 18.8 Å². The Kier molecular flexibility index (Phi) is 8.94. The van der Waals surface area contributed by atoms with Crippen molar-refractivity contribution in [3.8, 4) is 11.5 Å². The molecule has 1 aromatic heterocycles. The highest BCUT2D eigenvalue weighted by atomic mass is 32.2. The van der Waals surface area contributed by atoms with Crippen molar-refractivity contribution in [1.82, 2.24) is 14.1 Å². The predicted octanol–water partition coefficient (Wildman–Crippen LogP) is 5.55. The van der Waals surface area contributed by atoms with E-state index in [2.05, 4.69) is 18.9 Å². The van der Waals surface area contributed by atoms with Crippen LogP contribution in [0.3, 0.4) is 0 Å². The van der Waals surface area contributed by atoms with Gasteiger partial charge in [0.05, 0.1) is 25.4 Å². The zero-order chi connectivity index (χ0) is 30.1. The fourth-order valence-corrected chi connectivity index (χ4v) is 5.86. The van der Waals surface area contributed by atoms with E-state index in [0.29, 0.717) is 24.5 Å². The monoisotopic (exact) mass is 583 g/mol. The average molecular weight is 584 g/mol. The Morgan fingerprint density at radius 3 is 1.76 bits per heavy atom. The van der Waals surface area contributed by atoms with Crippen molar-refractivity contribution in [2.24, 2.45) is 0 Å². The normalized spacial score (nSPS) is 16.8. The number of rotatable bonds is 12. The Balaban J connectivity index is 1.52. The Bertz CT molecular complexity index is 1350. The van der Waals surface area contributed by atoms with E-state index in [9.17, 15) is 8.42 Å². The Morgan fingerprint density at radius 2 is 1.32 bits per heavy atom. The first-order valence-electron chi connectivity index (χ1n) is 13.8. The zero-order valence-electron chi connectivity index (χ0n) is 25.4. The van der Waals surface area contributed by atoms with Gasteiger partial charge in [0.15, 0.2) is 5.03 Å². The second-order valence-corrected chi connectivity index (χ2v) is 14.1. The lowest BCUT2D eigenvalue weighted by atomic mass is 9.58. The second kappa shape index (κ2) is 11.8. The summed E-state index contributed by atoms with van der Waals surface area (Å²) in [5.74, 6) is 1.42. The Morgan fingerprint density at radius 1 is 0.854 bits per heavy atom. The van der Waals surface area contributed by atoms with Gasteiger partial charge < -0.3 is 18.8 Å². The number of hydrogen-bond acceptors (Lipinski definition) is 7. The maximum absolute atomic E-state index is 13.9. The molecule has 0 radical (unpaired) electrons. The molecule has 1 aliphatic rings. The highest BCUT2D eigenvalue weighted by Crippen LogP contribution is 2.46. The molecule has 9 nitrogen and oxygen atoms in total. The third-order valence-electron chi connectivity index (χ3n) is 8.13. The fourth-order valence-electron chi connectivity index (χ4n) is 4.52. The number of sulfonamides is 1. The van der Waals surface area contributed by atoms with E-state index in [1.807, 2.05) is 76.2 Å². The lowest BCUT2D eigenvalue weighted by Gasteiger charge is -2.32. The van der Waals surface area contributed by atoms with Crippen molar-refractivity contribution in [1.29, 1.82) is 0 Å². The summed E-state index contributed by atoms with van der Waals surface area (Å²) in [5.41, 5.74) is 0.844. The van der Waals surface area contributed by atoms with Gasteiger partial charge in [0.25, 0.3) is 10.0 Å². The molecule has 0 unspecified atom stereocenters. The molecular weight excluding hydrogens is 541 g/mol. The highest BCUT2D eigenvalue weighted by molar-refractivity contribution is 7.89. The third kappa shape index (κ3) is 6.97. The van der Waals surface area contributed by atoms with Crippen molar-refractivity contribution in [2.75, 3.05) is 14.2 Å². The van der Waals surface area contributed by atoms with E-state index in [1.165, 1.54) is 4.31 Å². The maximum Gasteiger partial charge on any atom is 0.464 e. The summed E-state index contributed by atoms with van der Waals surface area (Å²) in [6.45, 7) is 13.2. The Labute approximate surface area is 244 Å². The molecule has 2 aromatic carbocycles. The van der Waals surface area contributed by atoms with Crippen LogP contribution in [-0.4, -0.2) is 55.0 Å². The average Bonchev–Trinajstić information content (AvgIpc) is 3.50. The molecule has 4 rings (SSSR count). The molecule has 222 valence electrons. The van der Waals surface area contributed by atoms with Crippen LogP contribution in [0.5, 0.6) is 11.5 Å². The first-order valence-corrected chi connectivity index (χ1v) is 15.3. The van der Waals surface area contributed by atoms with Crippen LogP contribution >= 0.6 is 0 Å². The Hall–Kier alpha value is -2.86. The van der Waals surface area contributed by atoms with Crippen LogP contribution in [0, 0.1) is 0 Å². The lowest BCUT2D eigenvalue weighted by molar-refractivity contribution is 0.00578. The molecule has 0 atom stereocenters. The van der Waals surface area contributed by atoms with Crippen LogP contribution in [0.25, 0.3) is 0 Å². The summed E-state index contributed by atoms with van der Waals surface area (Å²) in [6, 6.07) is 16.3. The van der Waals surface area contributed by atoms with E-state index < -0.39 is 21.2 Å². The molecule has 1 fully saturated rings. The molecule has 0 saturated carbocycles. The molecule has 2 heterocycles. The fraction of sp³-hybridized carbons (Fsp3) is 0.500. The quantitative estimate of drug-likeness (QED) is 0.258. The minimum absolute atomic E-state index is 0.00737. The molecule has 41 heavy (non-hydrogen) atoms. The van der Waals surface area contributed by atoms with Crippen LogP contribution in [0.1, 0.15) is 59.1 Å². The van der Waals surface area contributed by atoms with E-state index in [0.717, 1.165) is 11.1 Å². The second-order valence-electron chi connectivity index (χ2n) is 12.2. The number of nitrogens with zero attached hydrogens (tertiary/aromatic N) is 3. The van der Waals surface area contributed by atoms with Crippen LogP contribution in [0.15, 0.2) is 65.8 Å². The summed E-state index contributed by atoms with van der Waals surface area (Å²) < 4.78 is 54.0. The number of hydrogen-bond donors (Lipinski definition) is 0. The van der Waals surface area contributed by atoms with Gasteiger partial charge in [-0.3, -0.25) is 4.68 Å². The molecular formula is C30H42BN3O6S. The predicted molar refractivity (Wildman–Crippen MR) is 159 cm³/mol. The number of aryl methyl sites for hydroxylation is 1. The molecule has 3 aromatic rings. The van der Waals surface area contributed by atoms with Crippen molar-refractivity contribution < 1.29 is 27.2 Å². The maximum atomic E-state index is 13.9. The SMILES string of the molecule is COc1ccc(CN(Cc2ccc(OC)cc2)S(=O)(=O)c2ccn(CCC(C)(C)B3OC(C)(C)C(C)(C)O3)n2)cc1. The number of methoxy groups -OCH3 is 2. The van der Waals surface area contributed by atoms with Crippen molar-refractivity contribution >= 4 is 17.1 Å². The lowest BCUT2D eigenvalue weighted by Crippen LogP contribution is -2.41. The van der Waals surface area contributed by atoms with Gasteiger partial charge in [0.1, 0.15) is 11.5 Å². The van der Waals surface area contributed by atoms with Crippen LogP contribution < -0.4 is 9.47 Å². The van der Waals surface area contributed by atoms with Gasteiger partial charge in [-0.05, 0) is 75.6 Å². The third-order valence-corrected chi connectivity index (χ3v) is 9.82. The van der Waals surface area contributed by atoms with Crippen LogP contribution in [0.4, 0.5) is 0 Å². The number of benzene rings is 2. The molecule has 1 aliphatic heterocycles. The van der Waals surface area contributed by atoms with Gasteiger partial charge >= 0.3 is 7.12 Å². The molecule has 0 aliphatic carbocycles. The molecule has 0 N–H and O–H groups in total. The van der Waals surface area contributed by atoms with E-state index >= 15 is 0 Å². The molecule has 0 bridgehead atoms. The molecule has 11 heteroatoms. The number of ether oxygens (including phenoxy) is 2. The minimum atomic E-state index is -3.92. The van der Waals surface area contributed by atoms with Gasteiger partial charge in [0, 0.05) is 31.1 Å². The summed E-state index contributed by atoms with van der Waals surface area (Å²) in [4.78, 5) is 0. The van der Waals surface area contributed by atoms with Crippen molar-refractivity contribution in [2.45, 2.75) is 89.1 Å². The van der Waals surface area contributed by atoms with Gasteiger partial charge in [-0.1, -0.05) is 38.1 Å². The first kappa shape index (κ1) is 31.1. The summed E-state index contributed by atoms with van der Waals surface area (Å²) in [5, 5.41) is 4.19. The standard InChI is InChI=1S/C30H42BN3O6S/c1-28(2,31-39-29(3,4)30(5,6)40-31)18-20-33-19-17-27(32-33)41(35,36)34(21-23-9-13-25(37-7)14-10-23)22-24-11-15-26(38-8)16-12-24/h9-17,19H,18,20-22H2,1-8H3. The summed E-state index contributed by atoms with van der Waals surface area (Å²) in [7, 11) is -1.10. The summed E-state index contributed by atoms with van der Waals surface area (Å²) >= 11 is 0. The van der Waals surface area contributed by atoms with Gasteiger partial charge in [0.2, 0.25) is 0 Å². The molecule has 1 saturated heterocycles. The van der Waals surface area contributed by atoms with Crippen LogP contribution in [-0.2, 0) is 39.0 Å². The van der Waals surface area contributed by atoms with Gasteiger partial charge in [-0.15, -0.1) is 0 Å². The van der Waals surface area contributed by atoms with Crippen molar-refractivity contribution in [3.63, 3.8) is 0 Å². The van der Waals surface area contributed by atoms with E-state index in [-0.39, 0.29) is 30.5 Å². The highest BCUT2D eigenvalue weighted by Gasteiger charge is 2.56. The first-order chi connectivity index (χ1) is 19.2. The largest absolute Gasteiger partial charge is 0.497 e. The van der Waals surface area contributed by atoms with Crippen LogP contribution in [0.2, 0.25) is 5.31 Å². The zero-order valence-corrected chi connectivity index (χ0v) is 26.2. The smallest absolute Gasteiger partial charge is 0.464 e.